The Morgan fingerprint density at radius 1 is 1.22 bits per heavy atom. The highest BCUT2D eigenvalue weighted by Gasteiger charge is 2.29. The summed E-state index contributed by atoms with van der Waals surface area (Å²) in [5.41, 5.74) is 1.57. The summed E-state index contributed by atoms with van der Waals surface area (Å²) in [6.45, 7) is 4.73. The van der Waals surface area contributed by atoms with E-state index in [9.17, 15) is 14.7 Å². The number of aromatic hydroxyl groups is 1. The fourth-order valence-electron chi connectivity index (χ4n) is 3.43. The van der Waals surface area contributed by atoms with Crippen LogP contribution in [0.1, 0.15) is 45.5 Å². The molecule has 1 N–H and O–H groups in total. The second-order valence-corrected chi connectivity index (χ2v) is 6.56. The average molecular weight is 365 g/mol. The molecule has 140 valence electrons. The van der Waals surface area contributed by atoms with E-state index in [-0.39, 0.29) is 29.9 Å². The van der Waals surface area contributed by atoms with Crippen molar-refractivity contribution in [1.29, 1.82) is 0 Å². The van der Waals surface area contributed by atoms with Gasteiger partial charge in [0.2, 0.25) is 0 Å². The number of nitrogens with zero attached hydrogens (tertiary/aromatic N) is 1. The third-order valence-electron chi connectivity index (χ3n) is 4.89. The molecule has 0 saturated carbocycles. The van der Waals surface area contributed by atoms with E-state index < -0.39 is 0 Å². The number of rotatable bonds is 6. The van der Waals surface area contributed by atoms with Crippen molar-refractivity contribution in [1.82, 2.24) is 4.90 Å². The number of hydrogen-bond donors (Lipinski definition) is 1. The fourth-order valence-corrected chi connectivity index (χ4v) is 3.43. The van der Waals surface area contributed by atoms with Gasteiger partial charge in [0.15, 0.2) is 6.29 Å². The Labute approximate surface area is 158 Å². The van der Waals surface area contributed by atoms with Crippen molar-refractivity contribution in [2.24, 2.45) is 0 Å². The van der Waals surface area contributed by atoms with E-state index in [1.54, 1.807) is 18.2 Å². The molecule has 0 aliphatic carbocycles. The Hall–Kier alpha value is -3.08. The lowest BCUT2D eigenvalue weighted by Gasteiger charge is -2.36. The van der Waals surface area contributed by atoms with Crippen molar-refractivity contribution in [2.45, 2.75) is 25.3 Å². The van der Waals surface area contributed by atoms with Crippen molar-refractivity contribution >= 4 is 18.3 Å². The zero-order valence-electron chi connectivity index (χ0n) is 15.1. The summed E-state index contributed by atoms with van der Waals surface area (Å²) >= 11 is 0. The lowest BCUT2D eigenvalue weighted by Crippen LogP contribution is -2.46. The van der Waals surface area contributed by atoms with Crippen LogP contribution >= 0.6 is 0 Å². The van der Waals surface area contributed by atoms with Gasteiger partial charge in [0.25, 0.3) is 5.91 Å². The summed E-state index contributed by atoms with van der Waals surface area (Å²) in [4.78, 5) is 26.2. The second-order valence-electron chi connectivity index (χ2n) is 6.56. The molecule has 2 aromatic carbocycles. The van der Waals surface area contributed by atoms with Crippen molar-refractivity contribution in [3.05, 3.63) is 65.7 Å². The van der Waals surface area contributed by atoms with Gasteiger partial charge in [0, 0.05) is 12.1 Å². The van der Waals surface area contributed by atoms with Crippen LogP contribution in [0.5, 0.6) is 11.5 Å². The zero-order chi connectivity index (χ0) is 19.2. The Bertz CT molecular complexity index is 846. The van der Waals surface area contributed by atoms with Gasteiger partial charge in [-0.15, -0.1) is 0 Å². The molecule has 1 aliphatic rings. The van der Waals surface area contributed by atoms with Crippen LogP contribution in [0.15, 0.2) is 49.0 Å². The van der Waals surface area contributed by atoms with Gasteiger partial charge in [-0.3, -0.25) is 9.59 Å². The molecule has 1 saturated heterocycles. The van der Waals surface area contributed by atoms with E-state index in [2.05, 4.69) is 6.58 Å². The number of carbonyl (C=O) groups is 2. The molecule has 1 amide bonds. The van der Waals surface area contributed by atoms with E-state index >= 15 is 0 Å². The third-order valence-corrected chi connectivity index (χ3v) is 4.89. The molecule has 1 unspecified atom stereocenters. The quantitative estimate of drug-likeness (QED) is 0.788. The Kier molecular flexibility index (Phi) is 5.91. The van der Waals surface area contributed by atoms with Crippen LogP contribution in [0.2, 0.25) is 0 Å². The highest BCUT2D eigenvalue weighted by atomic mass is 16.5. The van der Waals surface area contributed by atoms with Gasteiger partial charge < -0.3 is 14.7 Å². The topological polar surface area (TPSA) is 66.8 Å². The second kappa shape index (κ2) is 8.54. The molecule has 0 bridgehead atoms. The minimum Gasteiger partial charge on any atom is -0.507 e. The number of benzene rings is 2. The number of aldehydes is 1. The molecule has 1 aliphatic heterocycles. The van der Waals surface area contributed by atoms with Crippen molar-refractivity contribution in [3.63, 3.8) is 0 Å². The number of carbonyl (C=O) groups excluding carboxylic acids is 2. The first-order chi connectivity index (χ1) is 13.2. The summed E-state index contributed by atoms with van der Waals surface area (Å²) in [5.74, 6) is 0.179. The Morgan fingerprint density at radius 3 is 2.81 bits per heavy atom. The maximum Gasteiger partial charge on any atom is 0.254 e. The van der Waals surface area contributed by atoms with Gasteiger partial charge >= 0.3 is 0 Å². The molecule has 1 fully saturated rings. The van der Waals surface area contributed by atoms with E-state index in [0.29, 0.717) is 24.1 Å². The number of phenols is 1. The molecular weight excluding hydrogens is 342 g/mol. The predicted molar refractivity (Wildman–Crippen MR) is 104 cm³/mol. The maximum absolute atomic E-state index is 13.1. The van der Waals surface area contributed by atoms with Gasteiger partial charge in [-0.05, 0) is 43.0 Å². The largest absolute Gasteiger partial charge is 0.507 e. The van der Waals surface area contributed by atoms with Crippen LogP contribution in [0.4, 0.5) is 0 Å². The van der Waals surface area contributed by atoms with E-state index in [0.717, 1.165) is 24.8 Å². The molecule has 0 spiro atoms. The van der Waals surface area contributed by atoms with E-state index in [1.807, 2.05) is 29.2 Å². The highest BCUT2D eigenvalue weighted by molar-refractivity contribution is 5.98. The molecule has 1 heterocycles. The number of likely N-dealkylation sites (tertiary alicyclic amines) is 1. The normalized spacial score (nSPS) is 16.6. The van der Waals surface area contributed by atoms with E-state index in [1.165, 1.54) is 6.07 Å². The molecule has 3 rings (SSSR count). The standard InChI is InChI=1S/C22H23NO4/c1-2-16-8-3-4-10-18(16)22(26)23-13-6-5-9-17(23)15-27-21-12-7-11-20(25)19(21)14-24/h2-4,7-8,10-12,14,17,25H,1,5-6,9,13,15H2. The SMILES string of the molecule is C=Cc1ccccc1C(=O)N1CCCCC1COc1cccc(O)c1C=O. The molecule has 5 heteroatoms. The number of phenolic OH excluding ortho intramolecular Hbond substituents is 1. The van der Waals surface area contributed by atoms with Crippen LogP contribution in [0.3, 0.4) is 0 Å². The minimum absolute atomic E-state index is 0.0367. The van der Waals surface area contributed by atoms with Crippen LogP contribution in [0, 0.1) is 0 Å². The fraction of sp³-hybridized carbons (Fsp3) is 0.273. The molecule has 0 radical (unpaired) electrons. The monoisotopic (exact) mass is 365 g/mol. The number of piperidine rings is 1. The van der Waals surface area contributed by atoms with E-state index in [4.69, 9.17) is 4.74 Å². The van der Waals surface area contributed by atoms with Crippen LogP contribution in [-0.2, 0) is 0 Å². The molecule has 5 nitrogen and oxygen atoms in total. The van der Waals surface area contributed by atoms with Gasteiger partial charge in [0.1, 0.15) is 18.1 Å². The van der Waals surface area contributed by atoms with Crippen LogP contribution in [0.25, 0.3) is 6.08 Å². The first-order valence-electron chi connectivity index (χ1n) is 9.08. The molecule has 2 aromatic rings. The van der Waals surface area contributed by atoms with Crippen molar-refractivity contribution in [3.8, 4) is 11.5 Å². The molecule has 27 heavy (non-hydrogen) atoms. The molecular formula is C22H23NO4. The summed E-state index contributed by atoms with van der Waals surface area (Å²) < 4.78 is 5.82. The van der Waals surface area contributed by atoms with Crippen molar-refractivity contribution in [2.75, 3.05) is 13.2 Å². The zero-order valence-corrected chi connectivity index (χ0v) is 15.1. The summed E-state index contributed by atoms with van der Waals surface area (Å²) in [7, 11) is 0. The summed E-state index contributed by atoms with van der Waals surface area (Å²) in [6, 6.07) is 12.0. The first kappa shape index (κ1) is 18.7. The molecule has 1 atom stereocenters. The van der Waals surface area contributed by atoms with Crippen molar-refractivity contribution < 1.29 is 19.4 Å². The lowest BCUT2D eigenvalue weighted by molar-refractivity contribution is 0.0526. The highest BCUT2D eigenvalue weighted by Crippen LogP contribution is 2.27. The van der Waals surface area contributed by atoms with Crippen LogP contribution < -0.4 is 4.74 Å². The summed E-state index contributed by atoms with van der Waals surface area (Å²) in [5, 5.41) is 9.79. The predicted octanol–water partition coefficient (Wildman–Crippen LogP) is 3.92. The van der Waals surface area contributed by atoms with Gasteiger partial charge in [-0.2, -0.15) is 0 Å². The Balaban J connectivity index is 1.78. The number of ether oxygens (including phenoxy) is 1. The lowest BCUT2D eigenvalue weighted by atomic mass is 9.99. The number of hydrogen-bond acceptors (Lipinski definition) is 4. The smallest absolute Gasteiger partial charge is 0.254 e. The third kappa shape index (κ3) is 4.03. The average Bonchev–Trinajstić information content (AvgIpc) is 2.72. The Morgan fingerprint density at radius 2 is 2.04 bits per heavy atom. The molecule has 0 aromatic heterocycles. The van der Waals surface area contributed by atoms with Crippen LogP contribution in [-0.4, -0.2) is 41.4 Å². The number of amides is 1. The van der Waals surface area contributed by atoms with Gasteiger partial charge in [-0.25, -0.2) is 0 Å². The summed E-state index contributed by atoms with van der Waals surface area (Å²) in [6.07, 6.45) is 5.06. The van der Waals surface area contributed by atoms with Gasteiger partial charge in [0.05, 0.1) is 11.6 Å². The maximum atomic E-state index is 13.1. The first-order valence-corrected chi connectivity index (χ1v) is 9.08. The van der Waals surface area contributed by atoms with Gasteiger partial charge in [-0.1, -0.05) is 36.9 Å². The minimum atomic E-state index is -0.112.